The molecule has 5 rings (SSSR count). The number of rotatable bonds is 3. The fraction of sp³-hybridized carbons (Fsp3) is 0.200. The van der Waals surface area contributed by atoms with Gasteiger partial charge in [-0.2, -0.15) is 0 Å². The van der Waals surface area contributed by atoms with Gasteiger partial charge in [0.05, 0.1) is 24.0 Å². The molecule has 5 nitrogen and oxygen atoms in total. The van der Waals surface area contributed by atoms with Gasteiger partial charge in [0.15, 0.2) is 11.6 Å². The van der Waals surface area contributed by atoms with E-state index in [9.17, 15) is 26.7 Å². The number of nitrogens with one attached hydrogen (secondary N) is 1. The molecule has 1 amide bonds. The van der Waals surface area contributed by atoms with Crippen molar-refractivity contribution in [2.24, 2.45) is 4.99 Å². The lowest BCUT2D eigenvalue weighted by molar-refractivity contribution is 0.0950. The van der Waals surface area contributed by atoms with Gasteiger partial charge in [0, 0.05) is 42.4 Å². The topological polar surface area (TPSA) is 47.9 Å². The molecule has 3 aromatic rings. The van der Waals surface area contributed by atoms with Crippen LogP contribution in [0.5, 0.6) is 0 Å². The number of aliphatic imine (C=N–C) groups is 1. The maximum absolute atomic E-state index is 14.5. The highest BCUT2D eigenvalue weighted by Crippen LogP contribution is 2.41. The molecule has 2 heterocycles. The van der Waals surface area contributed by atoms with Crippen LogP contribution in [0.2, 0.25) is 0 Å². The first-order valence-corrected chi connectivity index (χ1v) is 10.8. The van der Waals surface area contributed by atoms with Gasteiger partial charge in [-0.15, -0.1) is 0 Å². The summed E-state index contributed by atoms with van der Waals surface area (Å²) in [5, 5.41) is 2.44. The summed E-state index contributed by atoms with van der Waals surface area (Å²) < 4.78 is 69.4. The quantitative estimate of drug-likeness (QED) is 0.510. The summed E-state index contributed by atoms with van der Waals surface area (Å²) in [5.41, 5.74) is 1.56. The van der Waals surface area contributed by atoms with Crippen LogP contribution in [-0.2, 0) is 13.1 Å². The van der Waals surface area contributed by atoms with Crippen molar-refractivity contribution in [1.29, 1.82) is 0 Å². The summed E-state index contributed by atoms with van der Waals surface area (Å²) in [6.07, 6.45) is 0. The Hall–Kier alpha value is -3.95. The van der Waals surface area contributed by atoms with Gasteiger partial charge < -0.3 is 15.1 Å². The molecule has 180 valence electrons. The zero-order chi connectivity index (χ0) is 25.0. The van der Waals surface area contributed by atoms with Gasteiger partial charge >= 0.3 is 0 Å². The summed E-state index contributed by atoms with van der Waals surface area (Å²) in [6, 6.07) is 8.27. The number of anilines is 1. The van der Waals surface area contributed by atoms with Crippen LogP contribution in [0, 0.1) is 29.1 Å². The minimum absolute atomic E-state index is 0.00110. The van der Waals surface area contributed by atoms with E-state index in [-0.39, 0.29) is 23.7 Å². The third kappa shape index (κ3) is 3.78. The molecule has 0 saturated carbocycles. The van der Waals surface area contributed by atoms with Crippen molar-refractivity contribution in [3.8, 4) is 0 Å². The van der Waals surface area contributed by atoms with Gasteiger partial charge in [0.1, 0.15) is 17.5 Å². The van der Waals surface area contributed by atoms with E-state index in [0.717, 1.165) is 11.6 Å². The molecule has 0 radical (unpaired) electrons. The van der Waals surface area contributed by atoms with E-state index >= 15 is 0 Å². The molecule has 10 heteroatoms. The predicted molar refractivity (Wildman–Crippen MR) is 120 cm³/mol. The van der Waals surface area contributed by atoms with E-state index in [1.54, 1.807) is 23.1 Å². The number of amides is 1. The molecule has 35 heavy (non-hydrogen) atoms. The highest BCUT2D eigenvalue weighted by Gasteiger charge is 2.36. The second kappa shape index (κ2) is 8.37. The highest BCUT2D eigenvalue weighted by molar-refractivity contribution is 6.03. The third-order valence-electron chi connectivity index (χ3n) is 6.41. The van der Waals surface area contributed by atoms with Gasteiger partial charge in [-0.25, -0.2) is 26.9 Å². The standard InChI is InChI=1S/C25H19F5N4O/c1-12-15-4-3-13(24(35)31-10-16-19(28)8-14(26)9-20(16)29)7-22(15)34-11-17-21(32-25(34)33(12)2)6-5-18(27)23(17)30/h3-9,12H,10-11H2,1-2H3,(H,31,35). The van der Waals surface area contributed by atoms with E-state index < -0.39 is 47.1 Å². The number of nitrogens with zero attached hydrogens (tertiary/aromatic N) is 3. The van der Waals surface area contributed by atoms with Crippen LogP contribution in [-0.4, -0.2) is 23.8 Å². The molecular formula is C25H19F5N4O. The molecule has 0 aromatic heterocycles. The van der Waals surface area contributed by atoms with Gasteiger partial charge in [-0.3, -0.25) is 4.79 Å². The molecule has 2 aliphatic rings. The van der Waals surface area contributed by atoms with Crippen molar-refractivity contribution in [3.05, 3.63) is 93.8 Å². The van der Waals surface area contributed by atoms with E-state index in [2.05, 4.69) is 10.3 Å². The molecule has 0 saturated heterocycles. The summed E-state index contributed by atoms with van der Waals surface area (Å²) in [5.74, 6) is -5.33. The zero-order valence-electron chi connectivity index (χ0n) is 18.7. The van der Waals surface area contributed by atoms with Gasteiger partial charge in [-0.05, 0) is 36.8 Å². The number of fused-ring (bicyclic) bond motifs is 4. The van der Waals surface area contributed by atoms with E-state index in [4.69, 9.17) is 0 Å². The Bertz CT molecular complexity index is 1380. The monoisotopic (exact) mass is 486 g/mol. The molecule has 3 aromatic carbocycles. The molecule has 1 atom stereocenters. The van der Waals surface area contributed by atoms with E-state index in [1.807, 2.05) is 18.9 Å². The minimum Gasteiger partial charge on any atom is -0.348 e. The highest BCUT2D eigenvalue weighted by atomic mass is 19.2. The second-order valence-corrected chi connectivity index (χ2v) is 8.45. The number of halogens is 5. The van der Waals surface area contributed by atoms with Crippen LogP contribution in [0.3, 0.4) is 0 Å². The fourth-order valence-corrected chi connectivity index (χ4v) is 4.36. The first kappa shape index (κ1) is 22.8. The van der Waals surface area contributed by atoms with Crippen molar-refractivity contribution in [3.63, 3.8) is 0 Å². The lowest BCUT2D eigenvalue weighted by Gasteiger charge is -2.44. The number of carbonyl (C=O) groups excluding carboxylic acids is 1. The SMILES string of the molecule is CC1c2ccc(C(=O)NCc3c(F)cc(F)cc3F)cc2N2Cc3c(ccc(F)c3F)N=C2N1C. The zero-order valence-corrected chi connectivity index (χ0v) is 18.7. The summed E-state index contributed by atoms with van der Waals surface area (Å²) in [6.45, 7) is 1.46. The number of guanidine groups is 1. The molecule has 2 aliphatic heterocycles. The number of hydrogen-bond donors (Lipinski definition) is 1. The number of benzene rings is 3. The first-order chi connectivity index (χ1) is 16.7. The molecule has 0 spiro atoms. The second-order valence-electron chi connectivity index (χ2n) is 8.45. The third-order valence-corrected chi connectivity index (χ3v) is 6.41. The first-order valence-electron chi connectivity index (χ1n) is 10.8. The summed E-state index contributed by atoms with van der Waals surface area (Å²) in [7, 11) is 1.83. The van der Waals surface area contributed by atoms with Gasteiger partial charge in [0.2, 0.25) is 5.96 Å². The van der Waals surface area contributed by atoms with Gasteiger partial charge in [-0.1, -0.05) is 6.07 Å². The normalized spacial score (nSPS) is 16.3. The van der Waals surface area contributed by atoms with Crippen molar-refractivity contribution >= 4 is 23.2 Å². The summed E-state index contributed by atoms with van der Waals surface area (Å²) >= 11 is 0. The van der Waals surface area contributed by atoms with Crippen molar-refractivity contribution in [2.45, 2.75) is 26.1 Å². The van der Waals surface area contributed by atoms with E-state index in [0.29, 0.717) is 29.5 Å². The lowest BCUT2D eigenvalue weighted by atomic mass is 9.97. The van der Waals surface area contributed by atoms with Crippen molar-refractivity contribution in [2.75, 3.05) is 11.9 Å². The smallest absolute Gasteiger partial charge is 0.251 e. The Labute approximate surface area is 197 Å². The molecule has 1 unspecified atom stereocenters. The van der Waals surface area contributed by atoms with E-state index in [1.165, 1.54) is 6.07 Å². The lowest BCUT2D eigenvalue weighted by Crippen LogP contribution is -2.49. The molecule has 0 fully saturated rings. The van der Waals surface area contributed by atoms with Crippen molar-refractivity contribution in [1.82, 2.24) is 10.2 Å². The molecule has 1 N–H and O–H groups in total. The van der Waals surface area contributed by atoms with Crippen LogP contribution in [0.15, 0.2) is 47.5 Å². The van der Waals surface area contributed by atoms with Crippen molar-refractivity contribution < 1.29 is 26.7 Å². The maximum Gasteiger partial charge on any atom is 0.251 e. The number of carbonyl (C=O) groups is 1. The number of hydrogen-bond acceptors (Lipinski definition) is 4. The Morgan fingerprint density at radius 2 is 1.74 bits per heavy atom. The average molecular weight is 486 g/mol. The Kier molecular flexibility index (Phi) is 5.46. The Balaban J connectivity index is 1.47. The molecule has 0 bridgehead atoms. The average Bonchev–Trinajstić information content (AvgIpc) is 2.83. The van der Waals surface area contributed by atoms with Gasteiger partial charge in [0.25, 0.3) is 5.91 Å². The van der Waals surface area contributed by atoms with Crippen LogP contribution in [0.4, 0.5) is 33.3 Å². The predicted octanol–water partition coefficient (Wildman–Crippen LogP) is 5.33. The Morgan fingerprint density at radius 1 is 1.03 bits per heavy atom. The van der Waals surface area contributed by atoms with Crippen LogP contribution >= 0.6 is 0 Å². The largest absolute Gasteiger partial charge is 0.348 e. The fourth-order valence-electron chi connectivity index (χ4n) is 4.36. The Morgan fingerprint density at radius 3 is 2.46 bits per heavy atom. The minimum atomic E-state index is -1.10. The summed E-state index contributed by atoms with van der Waals surface area (Å²) in [4.78, 5) is 20.9. The molecular weight excluding hydrogens is 467 g/mol. The molecule has 0 aliphatic carbocycles. The maximum atomic E-state index is 14.5. The van der Waals surface area contributed by atoms with Crippen LogP contribution < -0.4 is 10.2 Å². The van der Waals surface area contributed by atoms with Crippen LogP contribution in [0.25, 0.3) is 0 Å². The van der Waals surface area contributed by atoms with Crippen LogP contribution in [0.1, 0.15) is 40.0 Å².